The van der Waals surface area contributed by atoms with Gasteiger partial charge >= 0.3 is 0 Å². The molecule has 2 fully saturated rings. The highest BCUT2D eigenvalue weighted by Crippen LogP contribution is 2.50. The molecule has 0 amide bonds. The minimum Gasteiger partial charge on any atom is -0.0622 e. The first kappa shape index (κ1) is 16.1. The molecule has 0 heterocycles. The van der Waals surface area contributed by atoms with Crippen molar-refractivity contribution in [2.24, 2.45) is 23.7 Å². The Kier molecular flexibility index (Phi) is 4.95. The van der Waals surface area contributed by atoms with Crippen LogP contribution in [0.5, 0.6) is 0 Å². The quantitative estimate of drug-likeness (QED) is 0.590. The zero-order valence-electron chi connectivity index (χ0n) is 14.9. The van der Waals surface area contributed by atoms with Crippen LogP contribution in [-0.2, 0) is 5.41 Å². The second kappa shape index (κ2) is 6.77. The highest BCUT2D eigenvalue weighted by molar-refractivity contribution is 5.25. The zero-order chi connectivity index (χ0) is 15.6. The van der Waals surface area contributed by atoms with Gasteiger partial charge in [0.2, 0.25) is 0 Å². The van der Waals surface area contributed by atoms with Crippen LogP contribution < -0.4 is 0 Å². The van der Waals surface area contributed by atoms with Crippen LogP contribution in [0.25, 0.3) is 0 Å². The summed E-state index contributed by atoms with van der Waals surface area (Å²) in [5.74, 6) is 3.77. The predicted octanol–water partition coefficient (Wildman–Crippen LogP) is 6.60. The van der Waals surface area contributed by atoms with E-state index in [9.17, 15) is 0 Å². The van der Waals surface area contributed by atoms with Crippen LogP contribution in [-0.4, -0.2) is 0 Å². The van der Waals surface area contributed by atoms with Gasteiger partial charge in [0, 0.05) is 0 Å². The van der Waals surface area contributed by atoms with E-state index in [1.165, 1.54) is 51.4 Å². The fourth-order valence-electron chi connectivity index (χ4n) is 5.63. The highest BCUT2D eigenvalue weighted by atomic mass is 14.5. The van der Waals surface area contributed by atoms with Gasteiger partial charge in [0.15, 0.2) is 0 Å². The zero-order valence-corrected chi connectivity index (χ0v) is 14.9. The molecule has 0 spiro atoms. The van der Waals surface area contributed by atoms with E-state index in [1.807, 2.05) is 0 Å². The van der Waals surface area contributed by atoms with Crippen molar-refractivity contribution in [3.05, 3.63) is 35.9 Å². The smallest absolute Gasteiger partial charge is 0.00726 e. The second-order valence-electron chi connectivity index (χ2n) is 8.57. The molecule has 0 aliphatic heterocycles. The third kappa shape index (κ3) is 3.12. The standard InChI is InChI=1S/C22H34/c1-17-11-7-8-14-19(17)20-15-9-10-16-21(20)22(2,3)18-12-5-4-6-13-18/h4-6,12-13,17,19-21H,7-11,14-16H2,1-3H3/t17?,19?,20-,21?/m1/s1. The van der Waals surface area contributed by atoms with Crippen molar-refractivity contribution in [1.82, 2.24) is 0 Å². The number of hydrogen-bond donors (Lipinski definition) is 0. The average molecular weight is 299 g/mol. The lowest BCUT2D eigenvalue weighted by molar-refractivity contribution is 0.0515. The maximum atomic E-state index is 2.53. The Morgan fingerprint density at radius 1 is 0.773 bits per heavy atom. The molecule has 0 bridgehead atoms. The van der Waals surface area contributed by atoms with E-state index < -0.39 is 0 Å². The van der Waals surface area contributed by atoms with E-state index in [2.05, 4.69) is 51.1 Å². The first-order valence-electron chi connectivity index (χ1n) is 9.66. The van der Waals surface area contributed by atoms with Gasteiger partial charge in [-0.1, -0.05) is 83.2 Å². The van der Waals surface area contributed by atoms with Crippen LogP contribution in [0.15, 0.2) is 30.3 Å². The molecule has 2 aliphatic rings. The van der Waals surface area contributed by atoms with Crippen LogP contribution in [0.2, 0.25) is 0 Å². The molecule has 3 unspecified atom stereocenters. The van der Waals surface area contributed by atoms with Gasteiger partial charge in [0.25, 0.3) is 0 Å². The van der Waals surface area contributed by atoms with E-state index in [4.69, 9.17) is 0 Å². The van der Waals surface area contributed by atoms with Gasteiger partial charge < -0.3 is 0 Å². The minimum atomic E-state index is 0.323. The Labute approximate surface area is 137 Å². The fourth-order valence-corrected chi connectivity index (χ4v) is 5.63. The lowest BCUT2D eigenvalue weighted by Gasteiger charge is -2.48. The largest absolute Gasteiger partial charge is 0.0622 e. The van der Waals surface area contributed by atoms with Crippen LogP contribution in [0.4, 0.5) is 0 Å². The summed E-state index contributed by atoms with van der Waals surface area (Å²) in [6, 6.07) is 11.3. The molecule has 22 heavy (non-hydrogen) atoms. The SMILES string of the molecule is CC1CCCCC1[C@H]1CCCCC1C(C)(C)c1ccccc1. The van der Waals surface area contributed by atoms with Crippen molar-refractivity contribution >= 4 is 0 Å². The lowest BCUT2D eigenvalue weighted by atomic mass is 9.56. The minimum absolute atomic E-state index is 0.323. The van der Waals surface area contributed by atoms with E-state index in [-0.39, 0.29) is 0 Å². The molecular formula is C22H34. The summed E-state index contributed by atoms with van der Waals surface area (Å²) in [7, 11) is 0. The molecule has 4 atom stereocenters. The number of rotatable bonds is 3. The summed E-state index contributed by atoms with van der Waals surface area (Å²) in [5, 5.41) is 0. The third-order valence-electron chi connectivity index (χ3n) is 6.99. The molecule has 0 N–H and O–H groups in total. The summed E-state index contributed by atoms with van der Waals surface area (Å²) in [6.07, 6.45) is 11.7. The fraction of sp³-hybridized carbons (Fsp3) is 0.727. The van der Waals surface area contributed by atoms with Gasteiger partial charge in [-0.05, 0) is 53.9 Å². The Bertz CT molecular complexity index is 458. The van der Waals surface area contributed by atoms with Crippen LogP contribution in [0, 0.1) is 23.7 Å². The molecule has 122 valence electrons. The second-order valence-corrected chi connectivity index (χ2v) is 8.57. The summed E-state index contributed by atoms with van der Waals surface area (Å²) in [4.78, 5) is 0. The van der Waals surface area contributed by atoms with Crippen LogP contribution in [0.1, 0.15) is 77.7 Å². The van der Waals surface area contributed by atoms with Crippen molar-refractivity contribution < 1.29 is 0 Å². The molecule has 2 aliphatic carbocycles. The molecule has 3 rings (SSSR count). The van der Waals surface area contributed by atoms with E-state index in [1.54, 1.807) is 5.56 Å². The van der Waals surface area contributed by atoms with E-state index in [0.717, 1.165) is 23.7 Å². The Hall–Kier alpha value is -0.780. The third-order valence-corrected chi connectivity index (χ3v) is 6.99. The lowest BCUT2D eigenvalue weighted by Crippen LogP contribution is -2.41. The first-order chi connectivity index (χ1) is 10.6. The molecular weight excluding hydrogens is 264 g/mol. The molecule has 1 aromatic carbocycles. The van der Waals surface area contributed by atoms with Crippen molar-refractivity contribution in [3.8, 4) is 0 Å². The molecule has 0 aromatic heterocycles. The normalized spacial score (nSPS) is 33.6. The van der Waals surface area contributed by atoms with Gasteiger partial charge in [0.05, 0.1) is 0 Å². The van der Waals surface area contributed by atoms with Gasteiger partial charge in [-0.15, -0.1) is 0 Å². The maximum absolute atomic E-state index is 2.53. The predicted molar refractivity (Wildman–Crippen MR) is 96.0 cm³/mol. The van der Waals surface area contributed by atoms with Crippen LogP contribution in [0.3, 0.4) is 0 Å². The molecule has 1 aromatic rings. The summed E-state index contributed by atoms with van der Waals surface area (Å²) in [5.41, 5.74) is 1.87. The Morgan fingerprint density at radius 2 is 1.36 bits per heavy atom. The summed E-state index contributed by atoms with van der Waals surface area (Å²) in [6.45, 7) is 7.56. The van der Waals surface area contributed by atoms with Gasteiger partial charge in [-0.3, -0.25) is 0 Å². The summed E-state index contributed by atoms with van der Waals surface area (Å²) < 4.78 is 0. The summed E-state index contributed by atoms with van der Waals surface area (Å²) >= 11 is 0. The Morgan fingerprint density at radius 3 is 2.05 bits per heavy atom. The first-order valence-corrected chi connectivity index (χ1v) is 9.66. The molecule has 2 saturated carbocycles. The monoisotopic (exact) mass is 298 g/mol. The van der Waals surface area contributed by atoms with Crippen molar-refractivity contribution in [3.63, 3.8) is 0 Å². The van der Waals surface area contributed by atoms with Crippen molar-refractivity contribution in [2.75, 3.05) is 0 Å². The van der Waals surface area contributed by atoms with Gasteiger partial charge in [-0.25, -0.2) is 0 Å². The number of hydrogen-bond acceptors (Lipinski definition) is 0. The topological polar surface area (TPSA) is 0 Å². The van der Waals surface area contributed by atoms with E-state index in [0.29, 0.717) is 5.41 Å². The Balaban J connectivity index is 1.85. The van der Waals surface area contributed by atoms with Gasteiger partial charge in [-0.2, -0.15) is 0 Å². The molecule has 0 saturated heterocycles. The average Bonchev–Trinajstić information content (AvgIpc) is 2.56. The van der Waals surface area contributed by atoms with Crippen LogP contribution >= 0.6 is 0 Å². The van der Waals surface area contributed by atoms with E-state index >= 15 is 0 Å². The number of benzene rings is 1. The molecule has 0 heteroatoms. The highest BCUT2D eigenvalue weighted by Gasteiger charge is 2.42. The van der Waals surface area contributed by atoms with Crippen molar-refractivity contribution in [2.45, 2.75) is 77.6 Å². The molecule has 0 radical (unpaired) electrons. The molecule has 0 nitrogen and oxygen atoms in total. The maximum Gasteiger partial charge on any atom is -0.00726 e. The van der Waals surface area contributed by atoms with Gasteiger partial charge in [0.1, 0.15) is 0 Å². The van der Waals surface area contributed by atoms with Crippen molar-refractivity contribution in [1.29, 1.82) is 0 Å².